The molecule has 0 bridgehead atoms. The lowest BCUT2D eigenvalue weighted by Crippen LogP contribution is -2.03. The van der Waals surface area contributed by atoms with Gasteiger partial charge in [0.2, 0.25) is 0 Å². The molecular weight excluding hydrogens is 216 g/mol. The molecule has 1 aromatic carbocycles. The number of carboxylic acids is 1. The van der Waals surface area contributed by atoms with E-state index in [9.17, 15) is 4.79 Å². The Morgan fingerprint density at radius 1 is 1.18 bits per heavy atom. The van der Waals surface area contributed by atoms with Gasteiger partial charge < -0.3 is 5.11 Å². The lowest BCUT2D eigenvalue weighted by atomic mass is 10.1. The Bertz CT molecular complexity index is 565. The minimum absolute atomic E-state index is 0.240. The molecule has 0 radical (unpaired) electrons. The first-order valence-electron chi connectivity index (χ1n) is 5.35. The Hall–Kier alpha value is -2.10. The maximum Gasteiger partial charge on any atom is 0.339 e. The highest BCUT2D eigenvalue weighted by Crippen LogP contribution is 2.17. The van der Waals surface area contributed by atoms with Crippen molar-refractivity contribution in [3.8, 4) is 5.69 Å². The minimum atomic E-state index is -0.946. The summed E-state index contributed by atoms with van der Waals surface area (Å²) in [5, 5.41) is 13.1. The van der Waals surface area contributed by atoms with Crippen LogP contribution < -0.4 is 0 Å². The Labute approximate surface area is 99.5 Å². The average Bonchev–Trinajstić information content (AvgIpc) is 2.58. The molecule has 17 heavy (non-hydrogen) atoms. The normalized spacial score (nSPS) is 10.5. The monoisotopic (exact) mass is 230 g/mol. The molecule has 0 aliphatic heterocycles. The van der Waals surface area contributed by atoms with Crippen molar-refractivity contribution in [2.45, 2.75) is 20.8 Å². The van der Waals surface area contributed by atoms with Crippen LogP contribution in [0.4, 0.5) is 0 Å². The number of hydrogen-bond acceptors (Lipinski definition) is 2. The molecule has 4 nitrogen and oxygen atoms in total. The summed E-state index contributed by atoms with van der Waals surface area (Å²) in [6.45, 7) is 5.77. The molecule has 2 rings (SSSR count). The topological polar surface area (TPSA) is 55.1 Å². The quantitative estimate of drug-likeness (QED) is 0.862. The smallest absolute Gasteiger partial charge is 0.339 e. The van der Waals surface area contributed by atoms with Gasteiger partial charge in [-0.2, -0.15) is 5.10 Å². The summed E-state index contributed by atoms with van der Waals surface area (Å²) >= 11 is 0. The Kier molecular flexibility index (Phi) is 2.71. The number of nitrogens with zero attached hydrogens (tertiary/aromatic N) is 2. The van der Waals surface area contributed by atoms with Gasteiger partial charge in [0.15, 0.2) is 0 Å². The third-order valence-corrected chi connectivity index (χ3v) is 2.69. The zero-order chi connectivity index (χ0) is 12.6. The van der Waals surface area contributed by atoms with Gasteiger partial charge >= 0.3 is 5.97 Å². The lowest BCUT2D eigenvalue weighted by Gasteiger charge is -2.07. The maximum absolute atomic E-state index is 10.9. The third-order valence-electron chi connectivity index (χ3n) is 2.69. The predicted octanol–water partition coefficient (Wildman–Crippen LogP) is 2.50. The number of benzene rings is 1. The fourth-order valence-corrected chi connectivity index (χ4v) is 1.95. The van der Waals surface area contributed by atoms with Crippen LogP contribution in [0, 0.1) is 20.8 Å². The molecule has 0 amide bonds. The number of carbonyl (C=O) groups is 1. The van der Waals surface area contributed by atoms with E-state index < -0.39 is 5.97 Å². The summed E-state index contributed by atoms with van der Waals surface area (Å²) in [7, 11) is 0. The van der Waals surface area contributed by atoms with E-state index in [1.165, 1.54) is 6.20 Å². The van der Waals surface area contributed by atoms with Gasteiger partial charge in [-0.05, 0) is 44.0 Å². The van der Waals surface area contributed by atoms with Gasteiger partial charge in [0.1, 0.15) is 5.56 Å². The standard InChI is InChI=1S/C13H14N2O2/c1-8-4-9(2)6-11(5-8)15-10(3)12(7-14-15)13(16)17/h4-7H,1-3H3,(H,16,17). The van der Waals surface area contributed by atoms with Crippen molar-refractivity contribution in [1.29, 1.82) is 0 Å². The van der Waals surface area contributed by atoms with Gasteiger partial charge in [0, 0.05) is 0 Å². The highest BCUT2D eigenvalue weighted by atomic mass is 16.4. The number of hydrogen-bond donors (Lipinski definition) is 1. The number of rotatable bonds is 2. The zero-order valence-electron chi connectivity index (χ0n) is 10.1. The van der Waals surface area contributed by atoms with Crippen molar-refractivity contribution in [2.24, 2.45) is 0 Å². The molecule has 4 heteroatoms. The van der Waals surface area contributed by atoms with Crippen LogP contribution in [0.5, 0.6) is 0 Å². The highest BCUT2D eigenvalue weighted by molar-refractivity contribution is 5.88. The van der Waals surface area contributed by atoms with Crippen LogP contribution in [0.3, 0.4) is 0 Å². The molecule has 0 spiro atoms. The van der Waals surface area contributed by atoms with Gasteiger partial charge in [-0.25, -0.2) is 9.48 Å². The number of carboxylic acid groups (broad SMARTS) is 1. The first-order chi connectivity index (χ1) is 7.99. The van der Waals surface area contributed by atoms with Gasteiger partial charge in [0.05, 0.1) is 17.6 Å². The maximum atomic E-state index is 10.9. The van der Waals surface area contributed by atoms with Gasteiger partial charge in [0.25, 0.3) is 0 Å². The lowest BCUT2D eigenvalue weighted by molar-refractivity contribution is 0.0696. The van der Waals surface area contributed by atoms with Crippen LogP contribution in [0.2, 0.25) is 0 Å². The van der Waals surface area contributed by atoms with Gasteiger partial charge in [-0.3, -0.25) is 0 Å². The molecule has 1 heterocycles. The van der Waals surface area contributed by atoms with E-state index in [2.05, 4.69) is 11.2 Å². The Morgan fingerprint density at radius 3 is 2.24 bits per heavy atom. The van der Waals surface area contributed by atoms with E-state index in [1.54, 1.807) is 11.6 Å². The SMILES string of the molecule is Cc1cc(C)cc(-n2ncc(C(=O)O)c2C)c1. The molecular formula is C13H14N2O2. The zero-order valence-corrected chi connectivity index (χ0v) is 10.1. The van der Waals surface area contributed by atoms with Crippen molar-refractivity contribution < 1.29 is 9.90 Å². The summed E-state index contributed by atoms with van der Waals surface area (Å²) in [5.41, 5.74) is 4.04. The van der Waals surface area contributed by atoms with E-state index in [1.807, 2.05) is 26.0 Å². The van der Waals surface area contributed by atoms with Crippen molar-refractivity contribution in [3.05, 3.63) is 46.8 Å². The number of aromatic carboxylic acids is 1. The fraction of sp³-hybridized carbons (Fsp3) is 0.231. The molecule has 0 unspecified atom stereocenters. The van der Waals surface area contributed by atoms with E-state index >= 15 is 0 Å². The summed E-state index contributed by atoms with van der Waals surface area (Å²) in [6.07, 6.45) is 1.38. The molecule has 0 aliphatic carbocycles. The molecule has 2 aromatic rings. The van der Waals surface area contributed by atoms with Crippen LogP contribution in [0.1, 0.15) is 27.2 Å². The predicted molar refractivity (Wildman–Crippen MR) is 64.7 cm³/mol. The first-order valence-corrected chi connectivity index (χ1v) is 5.35. The van der Waals surface area contributed by atoms with Crippen LogP contribution in [0.25, 0.3) is 5.69 Å². The largest absolute Gasteiger partial charge is 0.478 e. The fourth-order valence-electron chi connectivity index (χ4n) is 1.95. The molecule has 0 saturated carbocycles. The first kappa shape index (κ1) is 11.4. The molecule has 1 N–H and O–H groups in total. The summed E-state index contributed by atoms with van der Waals surface area (Å²) in [5.74, 6) is -0.946. The molecule has 0 aliphatic rings. The van der Waals surface area contributed by atoms with Crippen LogP contribution in [-0.4, -0.2) is 20.9 Å². The van der Waals surface area contributed by atoms with E-state index in [0.29, 0.717) is 5.69 Å². The molecule has 88 valence electrons. The summed E-state index contributed by atoms with van der Waals surface area (Å²) < 4.78 is 1.66. The second-order valence-electron chi connectivity index (χ2n) is 4.21. The number of aromatic nitrogens is 2. The summed E-state index contributed by atoms with van der Waals surface area (Å²) in [6, 6.07) is 6.04. The Balaban J connectivity index is 2.57. The molecule has 1 aromatic heterocycles. The molecule has 0 fully saturated rings. The van der Waals surface area contributed by atoms with E-state index in [0.717, 1.165) is 16.8 Å². The average molecular weight is 230 g/mol. The molecule has 0 saturated heterocycles. The molecule has 0 atom stereocenters. The van der Waals surface area contributed by atoms with Crippen LogP contribution in [-0.2, 0) is 0 Å². The van der Waals surface area contributed by atoms with Crippen LogP contribution in [0.15, 0.2) is 24.4 Å². The van der Waals surface area contributed by atoms with Crippen LogP contribution >= 0.6 is 0 Å². The number of aryl methyl sites for hydroxylation is 2. The Morgan fingerprint density at radius 2 is 1.76 bits per heavy atom. The van der Waals surface area contributed by atoms with Gasteiger partial charge in [-0.15, -0.1) is 0 Å². The minimum Gasteiger partial charge on any atom is -0.478 e. The van der Waals surface area contributed by atoms with E-state index in [4.69, 9.17) is 5.11 Å². The summed E-state index contributed by atoms with van der Waals surface area (Å²) in [4.78, 5) is 10.9. The van der Waals surface area contributed by atoms with Crippen molar-refractivity contribution in [2.75, 3.05) is 0 Å². The van der Waals surface area contributed by atoms with Crippen molar-refractivity contribution in [1.82, 2.24) is 9.78 Å². The second kappa shape index (κ2) is 4.05. The highest BCUT2D eigenvalue weighted by Gasteiger charge is 2.13. The van der Waals surface area contributed by atoms with Crippen molar-refractivity contribution in [3.63, 3.8) is 0 Å². The van der Waals surface area contributed by atoms with Crippen molar-refractivity contribution >= 4 is 5.97 Å². The van der Waals surface area contributed by atoms with E-state index in [-0.39, 0.29) is 5.56 Å². The van der Waals surface area contributed by atoms with Gasteiger partial charge in [-0.1, -0.05) is 6.07 Å². The third kappa shape index (κ3) is 2.06. The second-order valence-corrected chi connectivity index (χ2v) is 4.21.